The van der Waals surface area contributed by atoms with Crippen LogP contribution in [-0.4, -0.2) is 29.9 Å². The highest BCUT2D eigenvalue weighted by Crippen LogP contribution is 2.52. The van der Waals surface area contributed by atoms with Crippen LogP contribution in [0.2, 0.25) is 0 Å². The Morgan fingerprint density at radius 3 is 1.01 bits per heavy atom. The number of fused-ring (bicyclic) bond motifs is 12. The summed E-state index contributed by atoms with van der Waals surface area (Å²) in [5.41, 5.74) is 37.3. The Morgan fingerprint density at radius 2 is 0.507 bits per heavy atom. The van der Waals surface area contributed by atoms with Gasteiger partial charge in [-0.05, 0) is 189 Å². The van der Waals surface area contributed by atoms with E-state index in [1.165, 1.54) is 172 Å². The highest BCUT2D eigenvalue weighted by Gasteiger charge is 2.36. The van der Waals surface area contributed by atoms with Gasteiger partial charge in [-0.3, -0.25) is 0 Å². The van der Waals surface area contributed by atoms with E-state index < -0.39 is 0 Å². The Labute approximate surface area is 794 Å². The van der Waals surface area contributed by atoms with Crippen molar-refractivity contribution >= 4 is 94.5 Å². The van der Waals surface area contributed by atoms with Gasteiger partial charge in [0.05, 0.1) is 28.5 Å². The van der Waals surface area contributed by atoms with E-state index in [-0.39, 0.29) is 16.2 Å². The summed E-state index contributed by atoms with van der Waals surface area (Å²) in [6.45, 7) is 18.1. The third kappa shape index (κ3) is 16.2. The van der Waals surface area contributed by atoms with Gasteiger partial charge in [-0.25, -0.2) is 29.9 Å². The summed E-state index contributed by atoms with van der Waals surface area (Å²) < 4.78 is 8.06. The minimum absolute atomic E-state index is 0.0271. The molecule has 17 aromatic carbocycles. The zero-order valence-electron chi connectivity index (χ0n) is 75.8. The molecule has 6 heterocycles. The summed E-state index contributed by atoms with van der Waals surface area (Å²) in [5, 5.41) is 7.97. The number of hydrogen-bond donors (Lipinski definition) is 0. The lowest BCUT2D eigenvalue weighted by molar-refractivity contribution is 0.567. The Kier molecular flexibility index (Phi) is 22.0. The standard InChI is InChI=1S/C44H34N2S.C43H30N2S.C38H30N2S/c1-44(2,3)39-25-13-24-38-37-23-12-22-36(42(37)47-43(38)39)35-21-10-9-20-34(35)33-19-8-7-18-32(33)30-16-11-17-31(26-30)41-27-40(45-28-46-41)29-14-5-4-6-15-29;1-43(2)37-18-5-3-14-33(37)34-21-20-31(24-38(34)43)40-25-39(44-26-45-40)30-13-8-11-28(23-30)27-10-7-12-29(22-27)32-16-9-17-36-35-15-4-6-19-41(35)46-42(32)36;1-38(2,3)36-23-34(39-24-40-36)30-15-8-13-28(22-30)26-11-6-10-25(20-26)27-12-7-14-29(21-27)31-17-9-18-33-32-16-4-5-19-35(32)41-37(31)33/h4-28H,1-3H3;3-26H,1-2H3;4-24H,1-3H3. The molecule has 0 aliphatic heterocycles. The van der Waals surface area contributed by atoms with Crippen LogP contribution in [-0.2, 0) is 16.2 Å². The maximum absolute atomic E-state index is 4.71. The summed E-state index contributed by atoms with van der Waals surface area (Å²) in [4.78, 5) is 27.7. The van der Waals surface area contributed by atoms with Crippen molar-refractivity contribution < 1.29 is 0 Å². The summed E-state index contributed by atoms with van der Waals surface area (Å²) >= 11 is 5.68. The molecule has 0 amide bonds. The molecule has 9 heteroatoms. The Hall–Kier alpha value is -15.4. The average molecular weight is 1780 g/mol. The van der Waals surface area contributed by atoms with Crippen molar-refractivity contribution in [1.82, 2.24) is 29.9 Å². The van der Waals surface area contributed by atoms with Crippen LogP contribution in [0, 0.1) is 0 Å². The number of hydrogen-bond acceptors (Lipinski definition) is 9. The first kappa shape index (κ1) is 84.2. The molecule has 0 spiro atoms. The van der Waals surface area contributed by atoms with E-state index in [9.17, 15) is 0 Å². The molecule has 1 aliphatic rings. The zero-order valence-corrected chi connectivity index (χ0v) is 78.3. The van der Waals surface area contributed by atoms with E-state index in [1.54, 1.807) is 19.0 Å². The summed E-state index contributed by atoms with van der Waals surface area (Å²) in [6, 6.07) is 147. The van der Waals surface area contributed by atoms with Crippen molar-refractivity contribution in [2.75, 3.05) is 0 Å². The molecular weight excluding hydrogens is 1680 g/mol. The molecule has 0 unspecified atom stereocenters. The predicted octanol–water partition coefficient (Wildman–Crippen LogP) is 35.1. The highest BCUT2D eigenvalue weighted by molar-refractivity contribution is 7.27. The van der Waals surface area contributed by atoms with Crippen LogP contribution in [0.4, 0.5) is 0 Å². The van der Waals surface area contributed by atoms with Crippen molar-refractivity contribution in [3.8, 4) is 156 Å². The van der Waals surface area contributed by atoms with Crippen LogP contribution >= 0.6 is 34.0 Å². The minimum atomic E-state index is -0.0524. The van der Waals surface area contributed by atoms with Gasteiger partial charge in [-0.1, -0.05) is 389 Å². The molecule has 1 aliphatic carbocycles. The first-order valence-electron chi connectivity index (χ1n) is 45.8. The van der Waals surface area contributed by atoms with Crippen molar-refractivity contribution in [1.29, 1.82) is 0 Å². The van der Waals surface area contributed by atoms with E-state index >= 15 is 0 Å². The number of aromatic nitrogens is 6. The molecule has 6 nitrogen and oxygen atoms in total. The second-order valence-corrected chi connectivity index (χ2v) is 40.4. The molecule has 0 saturated heterocycles. The molecule has 6 aromatic heterocycles. The van der Waals surface area contributed by atoms with Gasteiger partial charge < -0.3 is 0 Å². The largest absolute Gasteiger partial charge is 0.241 e. The molecule has 0 fully saturated rings. The third-order valence-corrected chi connectivity index (χ3v) is 30.0. The fourth-order valence-electron chi connectivity index (χ4n) is 19.4. The van der Waals surface area contributed by atoms with Gasteiger partial charge in [-0.2, -0.15) is 0 Å². The molecule has 134 heavy (non-hydrogen) atoms. The fourth-order valence-corrected chi connectivity index (χ4v) is 23.4. The number of benzene rings is 17. The maximum atomic E-state index is 4.71. The van der Waals surface area contributed by atoms with Gasteiger partial charge in [0.2, 0.25) is 0 Å². The lowest BCUT2D eigenvalue weighted by atomic mass is 9.82. The van der Waals surface area contributed by atoms with E-state index in [2.05, 4.69) is 464 Å². The Balaban J connectivity index is 0.000000117. The van der Waals surface area contributed by atoms with Crippen LogP contribution in [0.5, 0.6) is 0 Å². The molecule has 0 atom stereocenters. The van der Waals surface area contributed by atoms with Crippen LogP contribution in [0.15, 0.2) is 425 Å². The molecular formula is C125H94N6S3. The number of rotatable bonds is 13. The number of nitrogens with zero attached hydrogens (tertiary/aromatic N) is 6. The summed E-state index contributed by atoms with van der Waals surface area (Å²) in [6.07, 6.45) is 5.03. The SMILES string of the molecule is CC(C)(C)c1cc(-c2cccc(-c3cccc(-c4cccc(-c5cccc6c5sc5ccccc56)c4)c3)c2)ncn1.CC(C)(C)c1cccc2c1sc1c(-c3ccccc3-c3ccccc3-c3cccc(-c4cc(-c5ccccc5)ncn4)c3)cccc12.CC1(C)c2ccccc2-c2ccc(-c3cc(-c4cccc(-c5cccc(-c6cccc7c6sc6ccccc67)c5)c4)ncn3)cc21. The highest BCUT2D eigenvalue weighted by atomic mass is 32.1. The molecule has 0 N–H and O–H groups in total. The van der Waals surface area contributed by atoms with Crippen molar-refractivity contribution in [3.63, 3.8) is 0 Å². The normalized spacial score (nSPS) is 12.2. The van der Waals surface area contributed by atoms with Crippen LogP contribution in [0.3, 0.4) is 0 Å². The first-order chi connectivity index (χ1) is 65.4. The topological polar surface area (TPSA) is 77.3 Å². The molecule has 0 bridgehead atoms. The van der Waals surface area contributed by atoms with Gasteiger partial charge in [0, 0.05) is 110 Å². The lowest BCUT2D eigenvalue weighted by Gasteiger charge is -2.21. The summed E-state index contributed by atoms with van der Waals surface area (Å²) in [5.74, 6) is 0. The van der Waals surface area contributed by atoms with Crippen molar-refractivity contribution in [2.45, 2.75) is 71.6 Å². The van der Waals surface area contributed by atoms with Gasteiger partial charge in [0.15, 0.2) is 0 Å². The first-order valence-corrected chi connectivity index (χ1v) is 48.2. The van der Waals surface area contributed by atoms with E-state index in [4.69, 9.17) is 9.97 Å². The van der Waals surface area contributed by atoms with Crippen LogP contribution in [0.1, 0.15) is 77.8 Å². The molecule has 642 valence electrons. The van der Waals surface area contributed by atoms with Crippen LogP contribution in [0.25, 0.3) is 217 Å². The van der Waals surface area contributed by atoms with Crippen molar-refractivity contribution in [3.05, 3.63) is 448 Å². The van der Waals surface area contributed by atoms with E-state index in [1.807, 2.05) is 52.2 Å². The van der Waals surface area contributed by atoms with Gasteiger partial charge >= 0.3 is 0 Å². The second kappa shape index (κ2) is 35.1. The van der Waals surface area contributed by atoms with Gasteiger partial charge in [-0.15, -0.1) is 34.0 Å². The predicted molar refractivity (Wildman–Crippen MR) is 570 cm³/mol. The lowest BCUT2D eigenvalue weighted by Crippen LogP contribution is -2.14. The maximum Gasteiger partial charge on any atom is 0.116 e. The molecule has 0 saturated carbocycles. The summed E-state index contributed by atoms with van der Waals surface area (Å²) in [7, 11) is 0. The zero-order chi connectivity index (χ0) is 90.8. The number of thiophene rings is 3. The van der Waals surface area contributed by atoms with Crippen molar-refractivity contribution in [2.24, 2.45) is 0 Å². The van der Waals surface area contributed by atoms with Gasteiger partial charge in [0.25, 0.3) is 0 Å². The van der Waals surface area contributed by atoms with Gasteiger partial charge in [0.1, 0.15) is 19.0 Å². The quantitative estimate of drug-likeness (QED) is 0.114. The average Bonchev–Trinajstić information content (AvgIpc) is 1.57. The molecule has 24 rings (SSSR count). The molecule has 0 radical (unpaired) electrons. The molecule has 23 aromatic rings. The minimum Gasteiger partial charge on any atom is -0.241 e. The van der Waals surface area contributed by atoms with E-state index in [0.717, 1.165) is 67.5 Å². The Bertz CT molecular complexity index is 8470. The third-order valence-electron chi connectivity index (χ3n) is 26.3. The smallest absolute Gasteiger partial charge is 0.116 e. The van der Waals surface area contributed by atoms with Crippen LogP contribution < -0.4 is 0 Å². The van der Waals surface area contributed by atoms with E-state index in [0.29, 0.717) is 0 Å². The Morgan fingerprint density at radius 1 is 0.194 bits per heavy atom. The second-order valence-electron chi connectivity index (χ2n) is 37.3. The fraction of sp³-hybridized carbons (Fsp3) is 0.0880. The monoisotopic (exact) mass is 1770 g/mol.